The van der Waals surface area contributed by atoms with Crippen LogP contribution in [0.2, 0.25) is 0 Å². The van der Waals surface area contributed by atoms with Crippen molar-refractivity contribution < 1.29 is 13.9 Å². The fraction of sp³-hybridized carbons (Fsp3) is 0.542. The van der Waals surface area contributed by atoms with Crippen LogP contribution in [0.3, 0.4) is 0 Å². The molecule has 1 N–H and O–H groups in total. The predicted octanol–water partition coefficient (Wildman–Crippen LogP) is 4.89. The van der Waals surface area contributed by atoms with Crippen molar-refractivity contribution in [2.45, 2.75) is 51.7 Å². The highest BCUT2D eigenvalue weighted by atomic mass is 19.1. The third kappa shape index (κ3) is 5.62. The number of hydrogen-bond donors (Lipinski definition) is 1. The Morgan fingerprint density at radius 3 is 2.86 bits per heavy atom. The molecule has 0 bridgehead atoms. The largest absolute Gasteiger partial charge is 0.378 e. The van der Waals surface area contributed by atoms with E-state index in [9.17, 15) is 4.39 Å². The number of benzene rings is 1. The number of aliphatic imine (C=N–C) groups is 1. The molecule has 1 aromatic rings. The number of nitrogens with one attached hydrogen (secondary N) is 1. The van der Waals surface area contributed by atoms with Crippen LogP contribution in [0.25, 0.3) is 0 Å². The van der Waals surface area contributed by atoms with Crippen molar-refractivity contribution >= 4 is 6.72 Å². The number of nitrogens with zero attached hydrogens (tertiary/aromatic N) is 1. The number of rotatable bonds is 8. The Morgan fingerprint density at radius 2 is 2.17 bits per heavy atom. The van der Waals surface area contributed by atoms with E-state index in [4.69, 9.17) is 9.47 Å². The number of halogens is 1. The summed E-state index contributed by atoms with van der Waals surface area (Å²) in [5.41, 5.74) is 2.94. The fourth-order valence-corrected chi connectivity index (χ4v) is 4.59. The lowest BCUT2D eigenvalue weighted by atomic mass is 9.68. The predicted molar refractivity (Wildman–Crippen MR) is 116 cm³/mol. The van der Waals surface area contributed by atoms with Crippen molar-refractivity contribution in [3.05, 3.63) is 59.1 Å². The first-order valence-corrected chi connectivity index (χ1v) is 10.5. The smallest absolute Gasteiger partial charge is 0.0969 e. The van der Waals surface area contributed by atoms with E-state index in [-0.39, 0.29) is 16.8 Å². The van der Waals surface area contributed by atoms with Crippen molar-refractivity contribution in [1.29, 1.82) is 0 Å². The summed E-state index contributed by atoms with van der Waals surface area (Å²) >= 11 is 0. The van der Waals surface area contributed by atoms with Crippen molar-refractivity contribution in [3.8, 4) is 0 Å². The standard InChI is InChI=1S/C24H33FN2O2/c1-19-5-4-6-21(15-19)16-27-12-9-23(22(26-3)8-7-20(2)25)10-14-29-24(17-23)11-13-28-18-24/h4-8,15,27H,3,9-14,16-18H2,1-2H3/b20-7+,22-8-/t23-,24-/m1/s1. The summed E-state index contributed by atoms with van der Waals surface area (Å²) in [6, 6.07) is 8.54. The molecule has 0 amide bonds. The van der Waals surface area contributed by atoms with Crippen LogP contribution in [-0.2, 0) is 16.0 Å². The molecule has 2 fully saturated rings. The Kier molecular flexibility index (Phi) is 7.38. The average Bonchev–Trinajstić information content (AvgIpc) is 3.13. The van der Waals surface area contributed by atoms with Crippen molar-refractivity contribution in [2.24, 2.45) is 10.4 Å². The summed E-state index contributed by atoms with van der Waals surface area (Å²) in [6.07, 6.45) is 6.75. The van der Waals surface area contributed by atoms with Crippen LogP contribution in [0, 0.1) is 12.3 Å². The fourth-order valence-electron chi connectivity index (χ4n) is 4.59. The van der Waals surface area contributed by atoms with Gasteiger partial charge in [0.1, 0.15) is 0 Å². The van der Waals surface area contributed by atoms with E-state index in [1.165, 1.54) is 24.1 Å². The maximum Gasteiger partial charge on any atom is 0.0969 e. The van der Waals surface area contributed by atoms with E-state index in [0.717, 1.165) is 51.1 Å². The molecule has 0 radical (unpaired) electrons. The van der Waals surface area contributed by atoms with E-state index in [1.54, 1.807) is 6.08 Å². The highest BCUT2D eigenvalue weighted by Crippen LogP contribution is 2.49. The van der Waals surface area contributed by atoms with Crippen LogP contribution in [0.4, 0.5) is 4.39 Å². The Hall–Kier alpha value is -1.82. The first-order valence-electron chi connectivity index (χ1n) is 10.5. The van der Waals surface area contributed by atoms with E-state index in [2.05, 4.69) is 48.2 Å². The van der Waals surface area contributed by atoms with Crippen molar-refractivity contribution in [3.63, 3.8) is 0 Å². The van der Waals surface area contributed by atoms with Gasteiger partial charge in [0.25, 0.3) is 0 Å². The third-order valence-corrected chi connectivity index (χ3v) is 6.09. The molecule has 29 heavy (non-hydrogen) atoms. The molecule has 4 nitrogen and oxygen atoms in total. The molecule has 2 saturated heterocycles. The normalized spacial score (nSPS) is 28.1. The van der Waals surface area contributed by atoms with Gasteiger partial charge in [-0.3, -0.25) is 4.99 Å². The molecule has 0 saturated carbocycles. The second-order valence-electron chi connectivity index (χ2n) is 8.42. The summed E-state index contributed by atoms with van der Waals surface area (Å²) in [7, 11) is 0. The lowest BCUT2D eigenvalue weighted by Gasteiger charge is -2.46. The Bertz CT molecular complexity index is 764. The van der Waals surface area contributed by atoms with Crippen LogP contribution in [0.15, 0.2) is 52.9 Å². The monoisotopic (exact) mass is 400 g/mol. The van der Waals surface area contributed by atoms with Gasteiger partial charge in [0.05, 0.1) is 18.0 Å². The second-order valence-corrected chi connectivity index (χ2v) is 8.42. The highest BCUT2D eigenvalue weighted by molar-refractivity contribution is 5.34. The molecule has 2 atom stereocenters. The zero-order valence-corrected chi connectivity index (χ0v) is 17.7. The van der Waals surface area contributed by atoms with Crippen LogP contribution in [0.5, 0.6) is 0 Å². The average molecular weight is 401 g/mol. The number of hydrogen-bond acceptors (Lipinski definition) is 4. The minimum Gasteiger partial charge on any atom is -0.378 e. The minimum atomic E-state index is -0.257. The Morgan fingerprint density at radius 1 is 1.31 bits per heavy atom. The topological polar surface area (TPSA) is 42.9 Å². The summed E-state index contributed by atoms with van der Waals surface area (Å²) in [5, 5.41) is 3.57. The molecular weight excluding hydrogens is 367 g/mol. The summed E-state index contributed by atoms with van der Waals surface area (Å²) in [5.74, 6) is -0.232. The zero-order valence-electron chi connectivity index (χ0n) is 17.7. The number of ether oxygens (including phenoxy) is 2. The second kappa shape index (κ2) is 9.79. The summed E-state index contributed by atoms with van der Waals surface area (Å²) < 4.78 is 25.2. The van der Waals surface area contributed by atoms with Crippen molar-refractivity contribution in [1.82, 2.24) is 5.32 Å². The molecule has 5 heteroatoms. The van der Waals surface area contributed by atoms with Crippen LogP contribution < -0.4 is 5.32 Å². The molecule has 158 valence electrons. The van der Waals surface area contributed by atoms with Gasteiger partial charge in [-0.2, -0.15) is 0 Å². The van der Waals surface area contributed by atoms with E-state index < -0.39 is 0 Å². The van der Waals surface area contributed by atoms with E-state index in [1.807, 2.05) is 0 Å². The lowest BCUT2D eigenvalue weighted by molar-refractivity contribution is -0.119. The molecule has 2 aliphatic rings. The molecule has 0 aliphatic carbocycles. The van der Waals surface area contributed by atoms with Gasteiger partial charge in [-0.05, 0) is 64.1 Å². The molecule has 2 aliphatic heterocycles. The summed E-state index contributed by atoms with van der Waals surface area (Å²) in [4.78, 5) is 4.33. The quantitative estimate of drug-likeness (QED) is 0.384. The van der Waals surface area contributed by atoms with E-state index >= 15 is 0 Å². The molecular formula is C24H33FN2O2. The highest BCUT2D eigenvalue weighted by Gasteiger charge is 2.49. The SMILES string of the molecule is C=N/C(=C\C=C(/C)F)[C@]1(CCNCc2cccc(C)c2)CCO[C@]2(CCOC2)C1. The van der Waals surface area contributed by atoms with Gasteiger partial charge in [0.15, 0.2) is 0 Å². The van der Waals surface area contributed by atoms with Gasteiger partial charge in [0.2, 0.25) is 0 Å². The Balaban J connectivity index is 1.74. The van der Waals surface area contributed by atoms with Gasteiger partial charge < -0.3 is 14.8 Å². The van der Waals surface area contributed by atoms with Crippen LogP contribution in [0.1, 0.15) is 43.7 Å². The molecule has 3 rings (SSSR count). The first kappa shape index (κ1) is 21.9. The Labute approximate surface area is 173 Å². The van der Waals surface area contributed by atoms with E-state index in [0.29, 0.717) is 13.2 Å². The van der Waals surface area contributed by atoms with Gasteiger partial charge >= 0.3 is 0 Å². The molecule has 0 aromatic heterocycles. The molecule has 1 spiro atoms. The van der Waals surface area contributed by atoms with Gasteiger partial charge in [-0.1, -0.05) is 29.8 Å². The van der Waals surface area contributed by atoms with Crippen LogP contribution in [-0.4, -0.2) is 38.7 Å². The minimum absolute atomic E-state index is 0.195. The van der Waals surface area contributed by atoms with Gasteiger partial charge in [0, 0.05) is 37.3 Å². The van der Waals surface area contributed by atoms with Gasteiger partial charge in [-0.25, -0.2) is 4.39 Å². The first-order chi connectivity index (χ1) is 14.0. The maximum atomic E-state index is 13.4. The zero-order chi connectivity index (χ0) is 20.7. The number of allylic oxidation sites excluding steroid dienone is 4. The van der Waals surface area contributed by atoms with Crippen molar-refractivity contribution in [2.75, 3.05) is 26.4 Å². The summed E-state index contributed by atoms with van der Waals surface area (Å²) in [6.45, 7) is 11.0. The molecule has 2 heterocycles. The number of aryl methyl sites for hydroxylation is 1. The maximum absolute atomic E-state index is 13.4. The molecule has 0 unspecified atom stereocenters. The van der Waals surface area contributed by atoms with Gasteiger partial charge in [-0.15, -0.1) is 0 Å². The third-order valence-electron chi connectivity index (χ3n) is 6.09. The van der Waals surface area contributed by atoms with Crippen LogP contribution >= 0.6 is 0 Å². The molecule has 1 aromatic carbocycles. The lowest BCUT2D eigenvalue weighted by Crippen LogP contribution is -2.47.